The zero-order valence-corrected chi connectivity index (χ0v) is 17.4. The second kappa shape index (κ2) is 7.12. The highest BCUT2D eigenvalue weighted by Crippen LogP contribution is 2.37. The molecule has 2 amide bonds. The van der Waals surface area contributed by atoms with Crippen molar-refractivity contribution in [2.75, 3.05) is 22.5 Å². The lowest BCUT2D eigenvalue weighted by molar-refractivity contribution is 0.0964. The van der Waals surface area contributed by atoms with Gasteiger partial charge in [-0.25, -0.2) is 4.98 Å². The molecule has 7 nitrogen and oxygen atoms in total. The Morgan fingerprint density at radius 2 is 1.97 bits per heavy atom. The number of fused-ring (bicyclic) bond motifs is 2. The Kier molecular flexibility index (Phi) is 4.39. The van der Waals surface area contributed by atoms with Gasteiger partial charge in [0.2, 0.25) is 0 Å². The SMILES string of the molecule is CC1(C)CNc2cc(NC(=O)c3cccnc3Nc3cccc4c3CNC4=O)ccc21. The summed E-state index contributed by atoms with van der Waals surface area (Å²) in [4.78, 5) is 29.4. The summed E-state index contributed by atoms with van der Waals surface area (Å²) >= 11 is 0. The van der Waals surface area contributed by atoms with Crippen LogP contribution >= 0.6 is 0 Å². The van der Waals surface area contributed by atoms with Gasteiger partial charge in [0.15, 0.2) is 0 Å². The molecule has 31 heavy (non-hydrogen) atoms. The molecule has 156 valence electrons. The van der Waals surface area contributed by atoms with Gasteiger partial charge in [-0.3, -0.25) is 9.59 Å². The fraction of sp³-hybridized carbons (Fsp3) is 0.208. The minimum absolute atomic E-state index is 0.0739. The van der Waals surface area contributed by atoms with Crippen LogP contribution in [0.4, 0.5) is 22.9 Å². The van der Waals surface area contributed by atoms with Crippen LogP contribution in [-0.4, -0.2) is 23.3 Å². The predicted octanol–water partition coefficient (Wildman–Crippen LogP) is 4.02. The van der Waals surface area contributed by atoms with Crippen molar-refractivity contribution in [2.24, 2.45) is 0 Å². The minimum Gasteiger partial charge on any atom is -0.384 e. The molecule has 0 aliphatic carbocycles. The normalized spacial score (nSPS) is 15.5. The number of hydrogen-bond acceptors (Lipinski definition) is 5. The Labute approximate surface area is 180 Å². The van der Waals surface area contributed by atoms with Crippen molar-refractivity contribution in [1.82, 2.24) is 10.3 Å². The average Bonchev–Trinajstić information content (AvgIpc) is 3.28. The van der Waals surface area contributed by atoms with Gasteiger partial charge in [-0.15, -0.1) is 0 Å². The summed E-state index contributed by atoms with van der Waals surface area (Å²) in [7, 11) is 0. The summed E-state index contributed by atoms with van der Waals surface area (Å²) in [5.41, 5.74) is 5.78. The number of pyridine rings is 1. The average molecular weight is 413 g/mol. The minimum atomic E-state index is -0.255. The highest BCUT2D eigenvalue weighted by atomic mass is 16.2. The first-order valence-corrected chi connectivity index (χ1v) is 10.2. The lowest BCUT2D eigenvalue weighted by atomic mass is 9.87. The largest absolute Gasteiger partial charge is 0.384 e. The number of nitrogens with zero attached hydrogens (tertiary/aromatic N) is 1. The molecule has 0 radical (unpaired) electrons. The molecule has 3 aromatic rings. The number of nitrogens with one attached hydrogen (secondary N) is 4. The summed E-state index contributed by atoms with van der Waals surface area (Å²) in [5, 5.41) is 12.4. The number of rotatable bonds is 4. The van der Waals surface area contributed by atoms with Gasteiger partial charge in [0.05, 0.1) is 5.56 Å². The molecular weight excluding hydrogens is 390 g/mol. The molecule has 2 aromatic carbocycles. The third kappa shape index (κ3) is 3.38. The Morgan fingerprint density at radius 1 is 1.10 bits per heavy atom. The maximum atomic E-state index is 13.1. The van der Waals surface area contributed by atoms with Crippen molar-refractivity contribution in [3.8, 4) is 0 Å². The number of hydrogen-bond donors (Lipinski definition) is 4. The number of benzene rings is 2. The molecule has 0 spiro atoms. The first kappa shape index (κ1) is 19.1. The van der Waals surface area contributed by atoms with Gasteiger partial charge < -0.3 is 21.3 Å². The summed E-state index contributed by atoms with van der Waals surface area (Å²) in [6.07, 6.45) is 1.63. The van der Waals surface area contributed by atoms with Crippen LogP contribution in [0, 0.1) is 0 Å². The number of carbonyl (C=O) groups excluding carboxylic acids is 2. The van der Waals surface area contributed by atoms with E-state index in [0.717, 1.165) is 29.2 Å². The number of amides is 2. The van der Waals surface area contributed by atoms with E-state index in [1.807, 2.05) is 24.3 Å². The van der Waals surface area contributed by atoms with Gasteiger partial charge in [-0.2, -0.15) is 0 Å². The van der Waals surface area contributed by atoms with E-state index >= 15 is 0 Å². The van der Waals surface area contributed by atoms with Gasteiger partial charge in [-0.1, -0.05) is 26.0 Å². The second-order valence-electron chi connectivity index (χ2n) is 8.49. The number of carbonyl (C=O) groups is 2. The van der Waals surface area contributed by atoms with Crippen LogP contribution < -0.4 is 21.3 Å². The van der Waals surface area contributed by atoms with E-state index in [2.05, 4.69) is 46.2 Å². The van der Waals surface area contributed by atoms with Crippen LogP contribution in [0.3, 0.4) is 0 Å². The molecule has 0 saturated carbocycles. The molecular formula is C24H23N5O2. The van der Waals surface area contributed by atoms with Gasteiger partial charge >= 0.3 is 0 Å². The molecule has 5 rings (SSSR count). The van der Waals surface area contributed by atoms with E-state index in [4.69, 9.17) is 0 Å². The fourth-order valence-corrected chi connectivity index (χ4v) is 4.15. The maximum absolute atomic E-state index is 13.1. The van der Waals surface area contributed by atoms with Crippen molar-refractivity contribution in [3.05, 3.63) is 77.0 Å². The van der Waals surface area contributed by atoms with Crippen molar-refractivity contribution < 1.29 is 9.59 Å². The van der Waals surface area contributed by atoms with Crippen molar-refractivity contribution in [2.45, 2.75) is 25.8 Å². The molecule has 2 aliphatic rings. The van der Waals surface area contributed by atoms with E-state index in [1.165, 1.54) is 5.56 Å². The molecule has 0 bridgehead atoms. The lowest BCUT2D eigenvalue weighted by Crippen LogP contribution is -2.18. The van der Waals surface area contributed by atoms with E-state index in [-0.39, 0.29) is 17.2 Å². The Morgan fingerprint density at radius 3 is 2.84 bits per heavy atom. The van der Waals surface area contributed by atoms with E-state index < -0.39 is 0 Å². The van der Waals surface area contributed by atoms with Gasteiger partial charge in [-0.05, 0) is 42.0 Å². The standard InChI is InChI=1S/C24H23N5O2/c1-24(2)13-27-20-11-14(8-9-18(20)24)28-23(31)16-6-4-10-25-21(16)29-19-7-3-5-15-17(19)12-26-22(15)30/h3-11,27H,12-13H2,1-2H3,(H,25,29)(H,26,30)(H,28,31). The molecule has 2 aliphatic heterocycles. The Hall–Kier alpha value is -3.87. The highest BCUT2D eigenvalue weighted by molar-refractivity contribution is 6.08. The van der Waals surface area contributed by atoms with Crippen LogP contribution in [0.25, 0.3) is 0 Å². The van der Waals surface area contributed by atoms with Crippen molar-refractivity contribution >= 4 is 34.7 Å². The van der Waals surface area contributed by atoms with Gasteiger partial charge in [0.1, 0.15) is 5.82 Å². The predicted molar refractivity (Wildman–Crippen MR) is 121 cm³/mol. The van der Waals surface area contributed by atoms with E-state index in [1.54, 1.807) is 24.4 Å². The molecule has 0 unspecified atom stereocenters. The first-order chi connectivity index (χ1) is 14.9. The summed E-state index contributed by atoms with van der Waals surface area (Å²) < 4.78 is 0. The summed E-state index contributed by atoms with van der Waals surface area (Å²) in [5.74, 6) is 0.0915. The van der Waals surface area contributed by atoms with Crippen LogP contribution in [0.15, 0.2) is 54.7 Å². The van der Waals surface area contributed by atoms with Crippen molar-refractivity contribution in [1.29, 1.82) is 0 Å². The third-order valence-corrected chi connectivity index (χ3v) is 5.88. The van der Waals surface area contributed by atoms with Gasteiger partial charge in [0.25, 0.3) is 11.8 Å². The molecule has 0 atom stereocenters. The number of anilines is 4. The van der Waals surface area contributed by atoms with E-state index in [0.29, 0.717) is 23.5 Å². The van der Waals surface area contributed by atoms with Crippen molar-refractivity contribution in [3.63, 3.8) is 0 Å². The number of aromatic nitrogens is 1. The van der Waals surface area contributed by atoms with Crippen LogP contribution in [-0.2, 0) is 12.0 Å². The lowest BCUT2D eigenvalue weighted by Gasteiger charge is -2.17. The van der Waals surface area contributed by atoms with Gasteiger partial charge in [0, 0.05) is 52.9 Å². The quantitative estimate of drug-likeness (QED) is 0.518. The maximum Gasteiger partial charge on any atom is 0.259 e. The highest BCUT2D eigenvalue weighted by Gasteiger charge is 2.29. The second-order valence-corrected chi connectivity index (χ2v) is 8.49. The molecule has 0 fully saturated rings. The molecule has 0 saturated heterocycles. The molecule has 3 heterocycles. The smallest absolute Gasteiger partial charge is 0.259 e. The van der Waals surface area contributed by atoms with Crippen LogP contribution in [0.2, 0.25) is 0 Å². The summed E-state index contributed by atoms with van der Waals surface area (Å²) in [6, 6.07) is 14.9. The molecule has 1 aromatic heterocycles. The monoisotopic (exact) mass is 413 g/mol. The molecule has 4 N–H and O–H groups in total. The Bertz CT molecular complexity index is 1220. The summed E-state index contributed by atoms with van der Waals surface area (Å²) in [6.45, 7) is 5.71. The zero-order chi connectivity index (χ0) is 21.6. The third-order valence-electron chi connectivity index (χ3n) is 5.88. The first-order valence-electron chi connectivity index (χ1n) is 10.2. The fourth-order valence-electron chi connectivity index (χ4n) is 4.15. The van der Waals surface area contributed by atoms with Crippen LogP contribution in [0.1, 0.15) is 45.7 Å². The van der Waals surface area contributed by atoms with Crippen LogP contribution in [0.5, 0.6) is 0 Å². The molecule has 7 heteroatoms. The zero-order valence-electron chi connectivity index (χ0n) is 17.4. The van der Waals surface area contributed by atoms with E-state index in [9.17, 15) is 9.59 Å². The topological polar surface area (TPSA) is 95.2 Å². The Balaban J connectivity index is 1.40.